The Morgan fingerprint density at radius 1 is 0.213 bits per heavy atom. The van der Waals surface area contributed by atoms with Crippen molar-refractivity contribution in [1.29, 1.82) is 0 Å². The SMILES string of the molecule is c1ccc(-c2ccccc2-c2nc(-c3ccccc3-c3ccccc3)nc(-c3ccccc3-c3cccc4c3C3(c5ccccc5-c5ccccc53)c3ccccc3-4)n2)cc1. The first-order valence-corrected chi connectivity index (χ1v) is 20.9. The lowest BCUT2D eigenvalue weighted by Crippen LogP contribution is -2.26. The summed E-state index contributed by atoms with van der Waals surface area (Å²) in [5, 5.41) is 0. The van der Waals surface area contributed by atoms with Crippen LogP contribution >= 0.6 is 0 Å². The minimum atomic E-state index is -0.512. The van der Waals surface area contributed by atoms with Crippen molar-refractivity contribution in [3.05, 3.63) is 247 Å². The molecule has 0 saturated heterocycles. The Morgan fingerprint density at radius 2 is 0.492 bits per heavy atom. The molecule has 2 aliphatic rings. The molecule has 0 bridgehead atoms. The Morgan fingerprint density at radius 3 is 0.918 bits per heavy atom. The minimum absolute atomic E-state index is 0.512. The summed E-state index contributed by atoms with van der Waals surface area (Å²) in [4.78, 5) is 16.2. The molecule has 0 aliphatic heterocycles. The molecular weight excluding hydrogens is 739 g/mol. The van der Waals surface area contributed by atoms with E-state index in [1.54, 1.807) is 0 Å². The van der Waals surface area contributed by atoms with Crippen molar-refractivity contribution in [1.82, 2.24) is 15.0 Å². The molecule has 0 saturated carbocycles. The number of fused-ring (bicyclic) bond motifs is 10. The van der Waals surface area contributed by atoms with E-state index in [0.29, 0.717) is 17.5 Å². The van der Waals surface area contributed by atoms with E-state index in [-0.39, 0.29) is 0 Å². The Labute approximate surface area is 355 Å². The van der Waals surface area contributed by atoms with Gasteiger partial charge >= 0.3 is 0 Å². The maximum Gasteiger partial charge on any atom is 0.164 e. The van der Waals surface area contributed by atoms with Crippen LogP contribution in [0.1, 0.15) is 22.3 Å². The van der Waals surface area contributed by atoms with Crippen LogP contribution in [0.2, 0.25) is 0 Å². The fourth-order valence-electron chi connectivity index (χ4n) is 10.1. The predicted molar refractivity (Wildman–Crippen MR) is 249 cm³/mol. The summed E-state index contributed by atoms with van der Waals surface area (Å²) in [6.07, 6.45) is 0. The highest BCUT2D eigenvalue weighted by Crippen LogP contribution is 2.64. The lowest BCUT2D eigenvalue weighted by Gasteiger charge is -2.32. The molecule has 1 spiro atoms. The first-order valence-electron chi connectivity index (χ1n) is 20.9. The van der Waals surface area contributed by atoms with Crippen molar-refractivity contribution in [3.63, 3.8) is 0 Å². The van der Waals surface area contributed by atoms with Crippen molar-refractivity contribution < 1.29 is 0 Å². The van der Waals surface area contributed by atoms with E-state index >= 15 is 0 Å². The van der Waals surface area contributed by atoms with E-state index in [1.807, 2.05) is 0 Å². The lowest BCUT2D eigenvalue weighted by molar-refractivity contribution is 0.796. The second-order valence-corrected chi connectivity index (χ2v) is 15.8. The van der Waals surface area contributed by atoms with Crippen molar-refractivity contribution in [2.75, 3.05) is 0 Å². The van der Waals surface area contributed by atoms with Gasteiger partial charge in [0.05, 0.1) is 5.41 Å². The van der Waals surface area contributed by atoms with Crippen molar-refractivity contribution >= 4 is 0 Å². The zero-order valence-electron chi connectivity index (χ0n) is 33.2. The van der Waals surface area contributed by atoms with E-state index in [0.717, 1.165) is 50.1 Å². The zero-order valence-corrected chi connectivity index (χ0v) is 33.2. The molecule has 1 heterocycles. The van der Waals surface area contributed by atoms with Crippen LogP contribution < -0.4 is 0 Å². The fourth-order valence-corrected chi connectivity index (χ4v) is 10.1. The third-order valence-corrected chi connectivity index (χ3v) is 12.6. The number of aromatic nitrogens is 3. The van der Waals surface area contributed by atoms with Crippen LogP contribution in [0, 0.1) is 0 Å². The molecule has 9 aromatic carbocycles. The summed E-state index contributed by atoms with van der Waals surface area (Å²) in [5.41, 5.74) is 19.2. The van der Waals surface area contributed by atoms with Crippen LogP contribution in [-0.2, 0) is 5.41 Å². The summed E-state index contributed by atoms with van der Waals surface area (Å²) in [7, 11) is 0. The average molecular weight is 776 g/mol. The maximum absolute atomic E-state index is 5.45. The summed E-state index contributed by atoms with van der Waals surface area (Å²) in [5.74, 6) is 1.87. The molecular formula is C58H37N3. The molecule has 1 aromatic heterocycles. The average Bonchev–Trinajstić information content (AvgIpc) is 3.82. The van der Waals surface area contributed by atoms with Crippen LogP contribution in [0.5, 0.6) is 0 Å². The predicted octanol–water partition coefficient (Wildman–Crippen LogP) is 14.2. The third kappa shape index (κ3) is 5.34. The van der Waals surface area contributed by atoms with E-state index in [9.17, 15) is 0 Å². The molecule has 10 aromatic rings. The van der Waals surface area contributed by atoms with Gasteiger partial charge in [-0.3, -0.25) is 0 Å². The highest BCUT2D eigenvalue weighted by atomic mass is 15.0. The Balaban J connectivity index is 1.14. The lowest BCUT2D eigenvalue weighted by atomic mass is 9.68. The van der Waals surface area contributed by atoms with E-state index in [2.05, 4.69) is 224 Å². The molecule has 0 amide bonds. The summed E-state index contributed by atoms with van der Waals surface area (Å²) >= 11 is 0. The topological polar surface area (TPSA) is 38.7 Å². The van der Waals surface area contributed by atoms with Gasteiger partial charge in [-0.1, -0.05) is 224 Å². The van der Waals surface area contributed by atoms with Gasteiger partial charge < -0.3 is 0 Å². The second kappa shape index (κ2) is 14.1. The van der Waals surface area contributed by atoms with Crippen molar-refractivity contribution in [2.24, 2.45) is 0 Å². The standard InChI is InChI=1S/C58H37N3/c1-3-20-38(21-4-1)40-24-7-10-30-48(40)55-59-56(49-31-11-8-25-41(49)39-22-5-2-6-23-39)61-57(60-55)50-32-12-9-26-42(50)46-33-19-34-47-45-29-15-18-37-53(45)58(54(46)47)51-35-16-13-27-43(51)44-28-14-17-36-52(44)58/h1-37H. The number of hydrogen-bond donors (Lipinski definition) is 0. The smallest absolute Gasteiger partial charge is 0.164 e. The van der Waals surface area contributed by atoms with Gasteiger partial charge in [-0.25, -0.2) is 15.0 Å². The molecule has 2 aliphatic carbocycles. The fraction of sp³-hybridized carbons (Fsp3) is 0.0172. The second-order valence-electron chi connectivity index (χ2n) is 15.8. The van der Waals surface area contributed by atoms with Crippen LogP contribution in [0.15, 0.2) is 224 Å². The molecule has 0 unspecified atom stereocenters. The summed E-state index contributed by atoms with van der Waals surface area (Å²) in [6, 6.07) is 80.3. The molecule has 0 atom stereocenters. The Bertz CT molecular complexity index is 3150. The zero-order chi connectivity index (χ0) is 40.3. The number of rotatable bonds is 6. The molecule has 0 radical (unpaired) electrons. The van der Waals surface area contributed by atoms with Crippen molar-refractivity contribution in [2.45, 2.75) is 5.41 Å². The molecule has 3 nitrogen and oxygen atoms in total. The van der Waals surface area contributed by atoms with Crippen LogP contribution in [0.25, 0.3) is 89.8 Å². The normalized spacial score (nSPS) is 12.7. The number of nitrogens with zero attached hydrogens (tertiary/aromatic N) is 3. The minimum Gasteiger partial charge on any atom is -0.208 e. The van der Waals surface area contributed by atoms with Gasteiger partial charge in [0.1, 0.15) is 0 Å². The van der Waals surface area contributed by atoms with E-state index < -0.39 is 5.41 Å². The van der Waals surface area contributed by atoms with Gasteiger partial charge in [-0.05, 0) is 77.9 Å². The Hall–Kier alpha value is -8.01. The van der Waals surface area contributed by atoms with E-state index in [1.165, 1.54) is 44.5 Å². The number of benzene rings is 9. The molecule has 0 fully saturated rings. The van der Waals surface area contributed by atoms with E-state index in [4.69, 9.17) is 15.0 Å². The van der Waals surface area contributed by atoms with Crippen LogP contribution in [-0.4, -0.2) is 15.0 Å². The van der Waals surface area contributed by atoms with Gasteiger partial charge in [-0.15, -0.1) is 0 Å². The first-order chi connectivity index (χ1) is 30.3. The van der Waals surface area contributed by atoms with Gasteiger partial charge in [0, 0.05) is 16.7 Å². The molecule has 3 heteroatoms. The molecule has 0 N–H and O–H groups in total. The summed E-state index contributed by atoms with van der Waals surface area (Å²) < 4.78 is 0. The quantitative estimate of drug-likeness (QED) is 0.169. The molecule has 284 valence electrons. The molecule has 61 heavy (non-hydrogen) atoms. The first kappa shape index (κ1) is 35.0. The highest BCUT2D eigenvalue weighted by molar-refractivity contribution is 6.00. The van der Waals surface area contributed by atoms with Gasteiger partial charge in [0.2, 0.25) is 0 Å². The van der Waals surface area contributed by atoms with Crippen molar-refractivity contribution in [3.8, 4) is 89.8 Å². The van der Waals surface area contributed by atoms with Gasteiger partial charge in [0.15, 0.2) is 17.5 Å². The third-order valence-electron chi connectivity index (χ3n) is 12.6. The highest BCUT2D eigenvalue weighted by Gasteiger charge is 2.52. The van der Waals surface area contributed by atoms with Crippen LogP contribution in [0.3, 0.4) is 0 Å². The number of hydrogen-bond acceptors (Lipinski definition) is 3. The van der Waals surface area contributed by atoms with Gasteiger partial charge in [-0.2, -0.15) is 0 Å². The Kier molecular flexibility index (Phi) is 8.07. The maximum atomic E-state index is 5.45. The largest absolute Gasteiger partial charge is 0.208 e. The monoisotopic (exact) mass is 775 g/mol. The van der Waals surface area contributed by atoms with Crippen LogP contribution in [0.4, 0.5) is 0 Å². The van der Waals surface area contributed by atoms with Gasteiger partial charge in [0.25, 0.3) is 0 Å². The molecule has 12 rings (SSSR count). The summed E-state index contributed by atoms with van der Waals surface area (Å²) in [6.45, 7) is 0.